The second kappa shape index (κ2) is 4.84. The predicted octanol–water partition coefficient (Wildman–Crippen LogP) is 2.76. The molecule has 2 N–H and O–H groups in total. The number of hydrogen-bond acceptors (Lipinski definition) is 2. The zero-order chi connectivity index (χ0) is 14.9. The Labute approximate surface area is 110 Å². The Morgan fingerprint density at radius 2 is 1.85 bits per heavy atom. The topological polar surface area (TPSA) is 70.2 Å². The van der Waals surface area contributed by atoms with Gasteiger partial charge in [0.1, 0.15) is 5.56 Å². The highest BCUT2D eigenvalue weighted by Crippen LogP contribution is 2.35. The summed E-state index contributed by atoms with van der Waals surface area (Å²) in [5.74, 6) is -1.44. The Hall–Kier alpha value is -2.57. The minimum absolute atomic E-state index is 0.0899. The molecule has 0 fully saturated rings. The van der Waals surface area contributed by atoms with Crippen molar-refractivity contribution in [1.29, 1.82) is 0 Å². The molecule has 20 heavy (non-hydrogen) atoms. The first-order valence-electron chi connectivity index (χ1n) is 5.43. The number of benzene rings is 1. The largest absolute Gasteiger partial charge is 0.477 e. The van der Waals surface area contributed by atoms with Crippen LogP contribution in [0.25, 0.3) is 11.3 Å². The zero-order valence-electron chi connectivity index (χ0n) is 9.86. The van der Waals surface area contributed by atoms with Crippen molar-refractivity contribution in [2.75, 3.05) is 0 Å². The summed E-state index contributed by atoms with van der Waals surface area (Å²) in [6, 6.07) is 5.56. The van der Waals surface area contributed by atoms with E-state index in [1.54, 1.807) is 0 Å². The molecule has 2 aromatic rings. The number of hydrogen-bond donors (Lipinski definition) is 2. The van der Waals surface area contributed by atoms with Crippen LogP contribution in [-0.4, -0.2) is 16.1 Å². The van der Waals surface area contributed by atoms with Gasteiger partial charge in [0.15, 0.2) is 5.43 Å². The third-order valence-corrected chi connectivity index (χ3v) is 2.67. The molecule has 0 atom stereocenters. The number of aromatic nitrogens is 1. The molecule has 104 valence electrons. The van der Waals surface area contributed by atoms with Crippen LogP contribution in [0.5, 0.6) is 0 Å². The van der Waals surface area contributed by atoms with Crippen molar-refractivity contribution in [3.63, 3.8) is 0 Å². The highest BCUT2D eigenvalue weighted by molar-refractivity contribution is 5.87. The molecule has 0 saturated heterocycles. The van der Waals surface area contributed by atoms with Crippen molar-refractivity contribution in [3.05, 3.63) is 57.9 Å². The van der Waals surface area contributed by atoms with Gasteiger partial charge in [-0.15, -0.1) is 0 Å². The van der Waals surface area contributed by atoms with Crippen molar-refractivity contribution in [3.8, 4) is 11.3 Å². The summed E-state index contributed by atoms with van der Waals surface area (Å²) in [6.07, 6.45) is -3.69. The van der Waals surface area contributed by atoms with Crippen LogP contribution in [0.1, 0.15) is 15.9 Å². The molecule has 0 unspecified atom stereocenters. The molecule has 0 aliphatic rings. The van der Waals surface area contributed by atoms with Crippen LogP contribution in [0.15, 0.2) is 41.3 Å². The number of halogens is 3. The summed E-state index contributed by atoms with van der Waals surface area (Å²) in [5.41, 5.74) is -2.60. The van der Waals surface area contributed by atoms with Crippen LogP contribution < -0.4 is 5.43 Å². The molecule has 0 saturated carbocycles. The van der Waals surface area contributed by atoms with Crippen LogP contribution >= 0.6 is 0 Å². The van der Waals surface area contributed by atoms with Gasteiger partial charge in [-0.1, -0.05) is 18.2 Å². The highest BCUT2D eigenvalue weighted by atomic mass is 19.4. The molecule has 0 aliphatic heterocycles. The predicted molar refractivity (Wildman–Crippen MR) is 64.5 cm³/mol. The van der Waals surface area contributed by atoms with Crippen molar-refractivity contribution in [2.24, 2.45) is 0 Å². The molecule has 0 aliphatic carbocycles. The highest BCUT2D eigenvalue weighted by Gasteiger charge is 2.33. The van der Waals surface area contributed by atoms with E-state index in [0.717, 1.165) is 18.3 Å². The summed E-state index contributed by atoms with van der Waals surface area (Å²) >= 11 is 0. The molecule has 1 aromatic heterocycles. The van der Waals surface area contributed by atoms with Crippen LogP contribution in [-0.2, 0) is 6.18 Å². The number of rotatable bonds is 2. The smallest absolute Gasteiger partial charge is 0.417 e. The van der Waals surface area contributed by atoms with E-state index in [1.165, 1.54) is 18.2 Å². The lowest BCUT2D eigenvalue weighted by Crippen LogP contribution is -2.15. The van der Waals surface area contributed by atoms with E-state index in [4.69, 9.17) is 5.11 Å². The molecule has 4 nitrogen and oxygen atoms in total. The lowest BCUT2D eigenvalue weighted by atomic mass is 10.0. The summed E-state index contributed by atoms with van der Waals surface area (Å²) in [7, 11) is 0. The Morgan fingerprint density at radius 3 is 2.40 bits per heavy atom. The average Bonchev–Trinajstić information content (AvgIpc) is 2.37. The summed E-state index contributed by atoms with van der Waals surface area (Å²) in [4.78, 5) is 24.6. The number of carboxylic acids is 1. The van der Waals surface area contributed by atoms with Gasteiger partial charge >= 0.3 is 12.1 Å². The number of nitrogens with one attached hydrogen (secondary N) is 1. The minimum Gasteiger partial charge on any atom is -0.477 e. The third-order valence-electron chi connectivity index (χ3n) is 2.67. The molecular formula is C13H8F3NO3. The molecule has 1 aromatic carbocycles. The normalized spacial score (nSPS) is 11.3. The van der Waals surface area contributed by atoms with Crippen molar-refractivity contribution in [2.45, 2.75) is 6.18 Å². The molecule has 0 amide bonds. The van der Waals surface area contributed by atoms with E-state index >= 15 is 0 Å². The van der Waals surface area contributed by atoms with Crippen molar-refractivity contribution < 1.29 is 23.1 Å². The summed E-state index contributed by atoms with van der Waals surface area (Å²) in [5, 5.41) is 8.71. The third kappa shape index (κ3) is 2.56. The number of aromatic carboxylic acids is 1. The van der Waals surface area contributed by atoms with Crippen LogP contribution in [0.4, 0.5) is 13.2 Å². The quantitative estimate of drug-likeness (QED) is 0.890. The number of carboxylic acid groups (broad SMARTS) is 1. The first-order chi connectivity index (χ1) is 9.30. The number of aromatic amines is 1. The van der Waals surface area contributed by atoms with Gasteiger partial charge in [-0.05, 0) is 6.07 Å². The maximum absolute atomic E-state index is 12.9. The van der Waals surface area contributed by atoms with Crippen LogP contribution in [0.2, 0.25) is 0 Å². The Balaban J connectivity index is 2.62. The fourth-order valence-electron chi connectivity index (χ4n) is 1.76. The Bertz CT molecular complexity index is 719. The van der Waals surface area contributed by atoms with Gasteiger partial charge in [-0.25, -0.2) is 4.79 Å². The van der Waals surface area contributed by atoms with Gasteiger partial charge in [0.25, 0.3) is 0 Å². The number of H-pyrrole nitrogens is 1. The molecule has 2 rings (SSSR count). The second-order valence-electron chi connectivity index (χ2n) is 3.97. The first kappa shape index (κ1) is 13.9. The Morgan fingerprint density at radius 1 is 1.20 bits per heavy atom. The van der Waals surface area contributed by atoms with Gasteiger partial charge in [0.05, 0.1) is 5.56 Å². The Kier molecular flexibility index (Phi) is 3.35. The molecule has 1 heterocycles. The minimum atomic E-state index is -4.57. The van der Waals surface area contributed by atoms with E-state index in [1.807, 2.05) is 0 Å². The molecule has 7 heteroatoms. The van der Waals surface area contributed by atoms with E-state index in [-0.39, 0.29) is 11.3 Å². The summed E-state index contributed by atoms with van der Waals surface area (Å²) < 4.78 is 38.6. The maximum Gasteiger partial charge on any atom is 0.417 e. The van der Waals surface area contributed by atoms with E-state index in [2.05, 4.69) is 4.98 Å². The van der Waals surface area contributed by atoms with Gasteiger partial charge in [0.2, 0.25) is 0 Å². The molecule has 0 spiro atoms. The molecule has 0 bridgehead atoms. The SMILES string of the molecule is O=C(O)c1c[nH]c(-c2ccccc2C(F)(F)F)cc1=O. The average molecular weight is 283 g/mol. The fraction of sp³-hybridized carbons (Fsp3) is 0.0769. The lowest BCUT2D eigenvalue weighted by Gasteiger charge is -2.12. The van der Waals surface area contributed by atoms with Gasteiger partial charge in [-0.3, -0.25) is 4.79 Å². The zero-order valence-corrected chi connectivity index (χ0v) is 9.86. The van der Waals surface area contributed by atoms with E-state index in [0.29, 0.717) is 0 Å². The van der Waals surface area contributed by atoms with E-state index < -0.39 is 28.7 Å². The number of pyridine rings is 1. The monoisotopic (exact) mass is 283 g/mol. The number of carbonyl (C=O) groups is 1. The lowest BCUT2D eigenvalue weighted by molar-refractivity contribution is -0.137. The van der Waals surface area contributed by atoms with Crippen LogP contribution in [0, 0.1) is 0 Å². The molecule has 0 radical (unpaired) electrons. The standard InChI is InChI=1S/C13H8F3NO3/c14-13(15,16)9-4-2-1-3-7(9)10-5-11(18)8(6-17-10)12(19)20/h1-6H,(H,17,18)(H,19,20). The van der Waals surface area contributed by atoms with Crippen molar-refractivity contribution >= 4 is 5.97 Å². The van der Waals surface area contributed by atoms with Crippen molar-refractivity contribution in [1.82, 2.24) is 4.98 Å². The van der Waals surface area contributed by atoms with Crippen LogP contribution in [0.3, 0.4) is 0 Å². The van der Waals surface area contributed by atoms with Gasteiger partial charge in [0, 0.05) is 23.5 Å². The first-order valence-corrected chi connectivity index (χ1v) is 5.43. The van der Waals surface area contributed by atoms with Gasteiger partial charge in [-0.2, -0.15) is 13.2 Å². The number of alkyl halides is 3. The maximum atomic E-state index is 12.9. The van der Waals surface area contributed by atoms with E-state index in [9.17, 15) is 22.8 Å². The fourth-order valence-corrected chi connectivity index (χ4v) is 1.76. The second-order valence-corrected chi connectivity index (χ2v) is 3.97. The molecular weight excluding hydrogens is 275 g/mol. The summed E-state index contributed by atoms with van der Waals surface area (Å²) in [6.45, 7) is 0. The van der Waals surface area contributed by atoms with Gasteiger partial charge < -0.3 is 10.1 Å².